The highest BCUT2D eigenvalue weighted by Gasteiger charge is 2.21. The summed E-state index contributed by atoms with van der Waals surface area (Å²) in [7, 11) is 3.69. The molecule has 0 amide bonds. The average molecular weight is 594 g/mol. The molecule has 10 nitrogen and oxygen atoms in total. The number of anilines is 1. The predicted molar refractivity (Wildman–Crippen MR) is 166 cm³/mol. The van der Waals surface area contributed by atoms with Crippen LogP contribution in [-0.2, 0) is 30.6 Å². The van der Waals surface area contributed by atoms with Gasteiger partial charge in [-0.2, -0.15) is 0 Å². The van der Waals surface area contributed by atoms with Gasteiger partial charge in [-0.05, 0) is 60.0 Å². The smallest absolute Gasteiger partial charge is 0.408 e. The van der Waals surface area contributed by atoms with E-state index in [4.69, 9.17) is 28.7 Å². The summed E-state index contributed by atoms with van der Waals surface area (Å²) in [5, 5.41) is 20.8. The Morgan fingerprint density at radius 2 is 1.66 bits per heavy atom. The standard InChI is InChI=1S/C29H50BN4O6S/c1-5-7-13-37-22-26(39-17-16-36-15-12-35)20-34(21-27(40-30)23-38-14-8-6-2)25-9-10-28(24(3)19-25)31-32-29-33(4)11-18-41-29/h9-11,18-19,26-27,35H,5-8,12-17,20-23,30H2,1-4H3/q+1. The number of hydrogen-bond acceptors (Lipinski definition) is 10. The Balaban J connectivity index is 2.22. The van der Waals surface area contributed by atoms with E-state index in [0.29, 0.717) is 52.7 Å². The predicted octanol–water partition coefficient (Wildman–Crippen LogP) is 4.06. The molecule has 0 aliphatic rings. The van der Waals surface area contributed by atoms with E-state index in [-0.39, 0.29) is 18.8 Å². The average Bonchev–Trinajstić information content (AvgIpc) is 3.39. The van der Waals surface area contributed by atoms with Crippen molar-refractivity contribution in [3.63, 3.8) is 0 Å². The molecule has 0 bridgehead atoms. The van der Waals surface area contributed by atoms with Crippen LogP contribution in [-0.4, -0.2) is 91.3 Å². The molecule has 2 aromatic rings. The lowest BCUT2D eigenvalue weighted by Gasteiger charge is -2.32. The molecule has 0 fully saturated rings. The van der Waals surface area contributed by atoms with Gasteiger partial charge in [0.25, 0.3) is 8.05 Å². The summed E-state index contributed by atoms with van der Waals surface area (Å²) in [5.41, 5.74) is 2.89. The second kappa shape index (κ2) is 21.7. The quantitative estimate of drug-likeness (QED) is 0.0849. The van der Waals surface area contributed by atoms with Gasteiger partial charge in [0.15, 0.2) is 0 Å². The maximum Gasteiger partial charge on any atom is 0.408 e. The van der Waals surface area contributed by atoms with Crippen LogP contribution in [0.2, 0.25) is 0 Å². The topological polar surface area (TPSA) is 98.2 Å². The lowest BCUT2D eigenvalue weighted by molar-refractivity contribution is -0.654. The van der Waals surface area contributed by atoms with Crippen LogP contribution in [0.4, 0.5) is 16.5 Å². The number of azo groups is 1. The van der Waals surface area contributed by atoms with Crippen molar-refractivity contribution in [2.45, 2.75) is 58.7 Å². The number of ether oxygens (including phenoxy) is 4. The molecule has 1 N–H and O–H groups in total. The van der Waals surface area contributed by atoms with E-state index in [1.165, 1.54) is 0 Å². The molecule has 41 heavy (non-hydrogen) atoms. The summed E-state index contributed by atoms with van der Waals surface area (Å²) < 4.78 is 31.3. The molecular formula is C29H50BN4O6S+. The Morgan fingerprint density at radius 3 is 2.27 bits per heavy atom. The number of aliphatic hydroxyl groups is 1. The fourth-order valence-electron chi connectivity index (χ4n) is 3.96. The number of thiazole rings is 1. The first-order chi connectivity index (χ1) is 20.0. The summed E-state index contributed by atoms with van der Waals surface area (Å²) in [6, 6.07) is 6.21. The monoisotopic (exact) mass is 593 g/mol. The van der Waals surface area contributed by atoms with Gasteiger partial charge < -0.3 is 33.6 Å². The van der Waals surface area contributed by atoms with Crippen molar-refractivity contribution in [2.24, 2.45) is 17.3 Å². The summed E-state index contributed by atoms with van der Waals surface area (Å²) in [6.45, 7) is 11.1. The second-order valence-electron chi connectivity index (χ2n) is 9.92. The maximum absolute atomic E-state index is 8.99. The van der Waals surface area contributed by atoms with Crippen molar-refractivity contribution in [3.05, 3.63) is 35.3 Å². The van der Waals surface area contributed by atoms with Crippen LogP contribution in [0.3, 0.4) is 0 Å². The zero-order valence-corrected chi connectivity index (χ0v) is 26.4. The number of aryl methyl sites for hydroxylation is 2. The third-order valence-corrected chi connectivity index (χ3v) is 7.28. The molecule has 0 aliphatic heterocycles. The molecule has 1 aromatic carbocycles. The third kappa shape index (κ3) is 14.2. The van der Waals surface area contributed by atoms with Crippen molar-refractivity contribution < 1.29 is 33.3 Å². The van der Waals surface area contributed by atoms with E-state index in [2.05, 4.69) is 41.1 Å². The number of benzene rings is 1. The molecule has 0 saturated carbocycles. The van der Waals surface area contributed by atoms with Crippen LogP contribution in [0, 0.1) is 6.92 Å². The summed E-state index contributed by atoms with van der Waals surface area (Å²) >= 11 is 1.55. The minimum absolute atomic E-state index is 0.00322. The third-order valence-electron chi connectivity index (χ3n) is 6.44. The Morgan fingerprint density at radius 1 is 0.951 bits per heavy atom. The number of hydrogen-bond donors (Lipinski definition) is 1. The van der Waals surface area contributed by atoms with Gasteiger partial charge in [-0.15, -0.1) is 0 Å². The van der Waals surface area contributed by atoms with E-state index in [1.807, 2.05) is 36.2 Å². The first-order valence-corrected chi connectivity index (χ1v) is 15.6. The Hall–Kier alpha value is -1.93. The molecule has 230 valence electrons. The largest absolute Gasteiger partial charge is 0.437 e. The molecular weight excluding hydrogens is 543 g/mol. The number of aromatic nitrogens is 1. The van der Waals surface area contributed by atoms with Gasteiger partial charge in [0, 0.05) is 37.4 Å². The van der Waals surface area contributed by atoms with Crippen molar-refractivity contribution >= 4 is 35.9 Å². The van der Waals surface area contributed by atoms with Gasteiger partial charge in [-0.1, -0.05) is 26.7 Å². The first kappa shape index (κ1) is 35.3. The van der Waals surface area contributed by atoms with Gasteiger partial charge in [0.2, 0.25) is 0 Å². The van der Waals surface area contributed by atoms with Gasteiger partial charge in [-0.25, -0.2) is 4.57 Å². The SMILES string of the molecule is BOC(COCCCC)CN(CC(COCCCC)OCCOCCO)c1ccc(/N=N/c2scc[n+]2C)c(C)c1. The highest BCUT2D eigenvalue weighted by Crippen LogP contribution is 2.27. The fourth-order valence-corrected chi connectivity index (χ4v) is 4.64. The van der Waals surface area contributed by atoms with Crippen molar-refractivity contribution in [1.29, 1.82) is 0 Å². The van der Waals surface area contributed by atoms with Crippen LogP contribution in [0.1, 0.15) is 45.1 Å². The molecule has 0 radical (unpaired) electrons. The van der Waals surface area contributed by atoms with Crippen molar-refractivity contribution in [3.8, 4) is 0 Å². The van der Waals surface area contributed by atoms with Crippen LogP contribution in [0.5, 0.6) is 0 Å². The Kier molecular flexibility index (Phi) is 18.7. The molecule has 2 atom stereocenters. The molecule has 1 heterocycles. The van der Waals surface area contributed by atoms with Crippen LogP contribution < -0.4 is 9.47 Å². The molecule has 2 unspecified atom stereocenters. The summed E-state index contributed by atoms with van der Waals surface area (Å²) in [5.74, 6) is 0. The zero-order chi connectivity index (χ0) is 29.7. The van der Waals surface area contributed by atoms with Gasteiger partial charge >= 0.3 is 5.13 Å². The van der Waals surface area contributed by atoms with Gasteiger partial charge in [-0.3, -0.25) is 0 Å². The molecule has 2 rings (SSSR count). The minimum atomic E-state index is -0.179. The molecule has 0 saturated heterocycles. The lowest BCUT2D eigenvalue weighted by atomic mass is 10.1. The maximum atomic E-state index is 8.99. The fraction of sp³-hybridized carbons (Fsp3) is 0.690. The van der Waals surface area contributed by atoms with E-state index < -0.39 is 0 Å². The van der Waals surface area contributed by atoms with Crippen LogP contribution in [0.15, 0.2) is 40.0 Å². The second-order valence-corrected chi connectivity index (χ2v) is 10.8. The van der Waals surface area contributed by atoms with Gasteiger partial charge in [0.1, 0.15) is 11.9 Å². The van der Waals surface area contributed by atoms with E-state index in [1.54, 1.807) is 19.4 Å². The zero-order valence-electron chi connectivity index (χ0n) is 25.6. The van der Waals surface area contributed by atoms with Crippen molar-refractivity contribution in [1.82, 2.24) is 0 Å². The highest BCUT2D eigenvalue weighted by atomic mass is 32.1. The number of nitrogens with zero attached hydrogens (tertiary/aromatic N) is 4. The Labute approximate surface area is 251 Å². The first-order valence-electron chi connectivity index (χ1n) is 14.7. The molecule has 1 aromatic heterocycles. The molecule has 0 spiro atoms. The normalized spacial score (nSPS) is 13.2. The summed E-state index contributed by atoms with van der Waals surface area (Å²) in [4.78, 5) is 2.27. The van der Waals surface area contributed by atoms with Crippen LogP contribution >= 0.6 is 11.3 Å². The molecule has 12 heteroatoms. The number of aliphatic hydroxyl groups excluding tert-OH is 1. The van der Waals surface area contributed by atoms with Gasteiger partial charge in [0.05, 0.1) is 64.0 Å². The van der Waals surface area contributed by atoms with Crippen LogP contribution in [0.25, 0.3) is 0 Å². The van der Waals surface area contributed by atoms with Crippen molar-refractivity contribution in [2.75, 3.05) is 70.8 Å². The minimum Gasteiger partial charge on any atom is -0.437 e. The number of rotatable bonds is 24. The highest BCUT2D eigenvalue weighted by molar-refractivity contribution is 7.12. The lowest BCUT2D eigenvalue weighted by Crippen LogP contribution is -2.43. The van der Waals surface area contributed by atoms with E-state index in [0.717, 1.165) is 54.4 Å². The van der Waals surface area contributed by atoms with E-state index in [9.17, 15) is 0 Å². The van der Waals surface area contributed by atoms with E-state index >= 15 is 0 Å². The molecule has 0 aliphatic carbocycles. The summed E-state index contributed by atoms with van der Waals surface area (Å²) in [6.07, 6.45) is 5.89. The number of unbranched alkanes of at least 4 members (excludes halogenated alkanes) is 2. The Bertz CT molecular complexity index is 983.